The number of benzene rings is 2. The largest absolute Gasteiger partial charge is 0.809 e. The Balaban J connectivity index is 1.29. The first-order valence-electron chi connectivity index (χ1n) is 13.8. The molecule has 0 saturated carbocycles. The first-order chi connectivity index (χ1) is 20.3. The first-order valence-corrected chi connectivity index (χ1v) is 17.7. The van der Waals surface area contributed by atoms with E-state index in [4.69, 9.17) is 15.7 Å². The van der Waals surface area contributed by atoms with Crippen molar-refractivity contribution in [2.45, 2.75) is 16.4 Å². The highest BCUT2D eigenvalue weighted by atomic mass is 32.2. The van der Waals surface area contributed by atoms with Gasteiger partial charge in [0.1, 0.15) is 80.1 Å². The monoisotopic (exact) mass is 655 g/mol. The van der Waals surface area contributed by atoms with E-state index in [2.05, 4.69) is 0 Å². The lowest BCUT2D eigenvalue weighted by Crippen LogP contribution is -2.75. The highest BCUT2D eigenvalue weighted by Crippen LogP contribution is 2.44. The molecule has 3 N–H and O–H groups in total. The molecular formula is C27H32F2N5O6PS2. The molecule has 0 amide bonds. The van der Waals surface area contributed by atoms with E-state index in [9.17, 15) is 27.2 Å². The molecule has 1 atom stereocenters. The molecule has 4 heterocycles. The molecular weight excluding hydrogens is 623 g/mol. The van der Waals surface area contributed by atoms with Gasteiger partial charge in [-0.3, -0.25) is 0 Å². The molecule has 6 rings (SSSR count). The van der Waals surface area contributed by atoms with Gasteiger partial charge in [-0.15, -0.1) is 11.3 Å². The minimum Gasteiger partial charge on any atom is -0.809 e. The SMILES string of the molecule is N#Cc1ccc(C(NS(=O)(=O)c2cc3c(F)cc(OCC[N+]45CC[N+](CCCN)(CC4)CC5)cc3s2)P(=O)([O-])[O-])cc1F. The lowest BCUT2D eigenvalue weighted by Gasteiger charge is -2.55. The second-order valence-electron chi connectivity index (χ2n) is 11.3. The standard InChI is InChI=1S/C27H32F2N5O6PS2/c28-23-14-19(2-3-20(23)18-31)27(41(35,36)37)32-43(38,39)26-17-22-24(29)15-21(16-25(22)42-26)40-13-12-34-9-6-33(7-10-34,8-11-34)5-1-4-30/h2-3,14-17,27,32H,1,4-13,30H2. The number of nitrogens with zero attached hydrogens (tertiary/aromatic N) is 3. The van der Waals surface area contributed by atoms with Crippen molar-refractivity contribution in [3.63, 3.8) is 0 Å². The zero-order valence-electron chi connectivity index (χ0n) is 23.2. The van der Waals surface area contributed by atoms with Crippen LogP contribution in [0.3, 0.4) is 0 Å². The normalized spacial score (nSPS) is 22.9. The van der Waals surface area contributed by atoms with Crippen molar-refractivity contribution in [1.29, 1.82) is 5.26 Å². The van der Waals surface area contributed by atoms with E-state index in [-0.39, 0.29) is 15.8 Å². The van der Waals surface area contributed by atoms with Crippen LogP contribution in [0, 0.1) is 23.0 Å². The number of thiophene rings is 1. The number of nitriles is 1. The molecule has 3 aliphatic heterocycles. The summed E-state index contributed by atoms with van der Waals surface area (Å²) in [5, 5.41) is 8.87. The van der Waals surface area contributed by atoms with Gasteiger partial charge >= 0.3 is 0 Å². The van der Waals surface area contributed by atoms with Crippen LogP contribution in [-0.2, 0) is 14.6 Å². The molecule has 2 aromatic carbocycles. The summed E-state index contributed by atoms with van der Waals surface area (Å²) >= 11 is 0.671. The summed E-state index contributed by atoms with van der Waals surface area (Å²) in [6, 6.07) is 7.80. The molecule has 232 valence electrons. The molecule has 0 spiro atoms. The Labute approximate surface area is 252 Å². The fourth-order valence-electron chi connectivity index (χ4n) is 5.98. The van der Waals surface area contributed by atoms with Gasteiger partial charge in [0.05, 0.1) is 17.9 Å². The maximum absolute atomic E-state index is 15.0. The van der Waals surface area contributed by atoms with Crippen molar-refractivity contribution in [3.8, 4) is 11.8 Å². The topological polar surface area (TPSA) is 168 Å². The Bertz CT molecular complexity index is 1700. The second-order valence-corrected chi connectivity index (χ2v) is 15.9. The predicted molar refractivity (Wildman–Crippen MR) is 152 cm³/mol. The maximum Gasteiger partial charge on any atom is 0.250 e. The summed E-state index contributed by atoms with van der Waals surface area (Å²) in [6.07, 6.45) is 1.02. The molecule has 3 aliphatic rings. The fourth-order valence-corrected chi connectivity index (χ4v) is 9.94. The number of nitrogens with one attached hydrogen (secondary N) is 1. The van der Waals surface area contributed by atoms with Gasteiger partial charge in [0.2, 0.25) is 0 Å². The van der Waals surface area contributed by atoms with Crippen LogP contribution in [0.15, 0.2) is 40.6 Å². The fraction of sp³-hybridized carbons (Fsp3) is 0.444. The molecule has 2 bridgehead atoms. The molecule has 1 unspecified atom stereocenters. The Morgan fingerprint density at radius 3 is 2.28 bits per heavy atom. The number of hydrogen-bond acceptors (Lipinski definition) is 9. The van der Waals surface area contributed by atoms with E-state index in [1.165, 1.54) is 12.1 Å². The number of ether oxygens (including phenoxy) is 1. The maximum atomic E-state index is 15.0. The van der Waals surface area contributed by atoms with Crippen LogP contribution in [0.1, 0.15) is 23.3 Å². The van der Waals surface area contributed by atoms with E-state index in [1.54, 1.807) is 10.8 Å². The lowest BCUT2D eigenvalue weighted by molar-refractivity contribution is -1.08. The summed E-state index contributed by atoms with van der Waals surface area (Å²) < 4.78 is 77.0. The Morgan fingerprint density at radius 2 is 1.70 bits per heavy atom. The summed E-state index contributed by atoms with van der Waals surface area (Å²) in [5.41, 5.74) is 4.81. The molecule has 0 aliphatic carbocycles. The molecule has 11 nitrogen and oxygen atoms in total. The average Bonchev–Trinajstić information content (AvgIpc) is 3.41. The molecule has 3 aromatic rings. The third kappa shape index (κ3) is 6.78. The van der Waals surface area contributed by atoms with Crippen molar-refractivity contribution in [1.82, 2.24) is 4.72 Å². The van der Waals surface area contributed by atoms with Crippen LogP contribution in [0.2, 0.25) is 0 Å². The number of nitrogens with two attached hydrogens (primary N) is 1. The van der Waals surface area contributed by atoms with Crippen LogP contribution in [-0.4, -0.2) is 82.9 Å². The van der Waals surface area contributed by atoms with Crippen molar-refractivity contribution in [3.05, 3.63) is 59.2 Å². The van der Waals surface area contributed by atoms with E-state index in [0.29, 0.717) is 30.6 Å². The lowest BCUT2D eigenvalue weighted by atomic mass is 10.1. The van der Waals surface area contributed by atoms with Gasteiger partial charge in [-0.05, 0) is 44.0 Å². The third-order valence-corrected chi connectivity index (χ3v) is 12.8. The highest BCUT2D eigenvalue weighted by molar-refractivity contribution is 7.92. The van der Waals surface area contributed by atoms with Crippen LogP contribution in [0.4, 0.5) is 8.78 Å². The van der Waals surface area contributed by atoms with E-state index >= 15 is 4.39 Å². The Morgan fingerprint density at radius 1 is 1.05 bits per heavy atom. The zero-order chi connectivity index (χ0) is 31.0. The van der Waals surface area contributed by atoms with E-state index in [1.807, 2.05) is 0 Å². The van der Waals surface area contributed by atoms with Crippen molar-refractivity contribution >= 4 is 39.0 Å². The average molecular weight is 656 g/mol. The number of sulfonamides is 1. The zero-order valence-corrected chi connectivity index (χ0v) is 25.7. The molecule has 3 fully saturated rings. The minimum absolute atomic E-state index is 0.0216. The quantitative estimate of drug-likeness (QED) is 0.218. The van der Waals surface area contributed by atoms with Gasteiger partial charge in [0, 0.05) is 22.6 Å². The van der Waals surface area contributed by atoms with E-state index < -0.39 is 50.4 Å². The van der Waals surface area contributed by atoms with Crippen LogP contribution >= 0.6 is 18.9 Å². The molecule has 1 aromatic heterocycles. The number of quaternary nitrogens is 2. The summed E-state index contributed by atoms with van der Waals surface area (Å²) in [7, 11) is -10.4. The van der Waals surface area contributed by atoms with Crippen molar-refractivity contribution in [2.75, 3.05) is 65.5 Å². The smallest absolute Gasteiger partial charge is 0.250 e. The molecule has 43 heavy (non-hydrogen) atoms. The van der Waals surface area contributed by atoms with Gasteiger partial charge < -0.3 is 33.8 Å². The number of halogens is 2. The summed E-state index contributed by atoms with van der Waals surface area (Å²) in [6.45, 7) is 9.42. The van der Waals surface area contributed by atoms with Crippen molar-refractivity contribution in [2.24, 2.45) is 5.73 Å². The Hall–Kier alpha value is -2.51. The van der Waals surface area contributed by atoms with E-state index in [0.717, 1.165) is 85.9 Å². The molecule has 0 radical (unpaired) electrons. The summed E-state index contributed by atoms with van der Waals surface area (Å²) in [5.74, 6) is -3.96. The minimum atomic E-state index is -5.69. The van der Waals surface area contributed by atoms with Gasteiger partial charge in [0.15, 0.2) is 0 Å². The predicted octanol–water partition coefficient (Wildman–Crippen LogP) is 1.33. The van der Waals surface area contributed by atoms with Crippen LogP contribution in [0.25, 0.3) is 10.1 Å². The van der Waals surface area contributed by atoms with Crippen LogP contribution < -0.4 is 25.0 Å². The number of hydrogen-bond donors (Lipinski definition) is 2. The number of rotatable bonds is 12. The number of piperazine rings is 3. The van der Waals surface area contributed by atoms with Gasteiger partial charge in [-0.1, -0.05) is 6.07 Å². The summed E-state index contributed by atoms with van der Waals surface area (Å²) in [4.78, 5) is 23.9. The Kier molecular flexibility index (Phi) is 8.99. The van der Waals surface area contributed by atoms with Crippen LogP contribution in [0.5, 0.6) is 5.75 Å². The van der Waals surface area contributed by atoms with Gasteiger partial charge in [-0.25, -0.2) is 17.2 Å². The van der Waals surface area contributed by atoms with Crippen molar-refractivity contribution < 1.29 is 45.3 Å². The highest BCUT2D eigenvalue weighted by Gasteiger charge is 2.48. The first kappa shape index (κ1) is 31.9. The van der Waals surface area contributed by atoms with Gasteiger partial charge in [-0.2, -0.15) is 9.98 Å². The second kappa shape index (κ2) is 12.1. The molecule has 16 heteroatoms. The third-order valence-electron chi connectivity index (χ3n) is 8.63. The van der Waals surface area contributed by atoms with Gasteiger partial charge in [0.25, 0.3) is 10.0 Å². The number of fused-ring (bicyclic) bond motifs is 4. The molecule has 3 saturated heterocycles.